The molecule has 0 unspecified atom stereocenters. The van der Waals surface area contributed by atoms with E-state index >= 15 is 0 Å². The Morgan fingerprint density at radius 3 is 2.41 bits per heavy atom. The summed E-state index contributed by atoms with van der Waals surface area (Å²) in [5.41, 5.74) is 2.73. The normalized spacial score (nSPS) is 20.0. The van der Waals surface area contributed by atoms with E-state index in [-0.39, 0.29) is 17.8 Å². The number of thioether (sulfide) groups is 1. The highest BCUT2D eigenvalue weighted by Gasteiger charge is 2.46. The van der Waals surface area contributed by atoms with Crippen molar-refractivity contribution in [2.75, 3.05) is 7.11 Å². The number of esters is 2. The maximum absolute atomic E-state index is 13.2. The van der Waals surface area contributed by atoms with E-state index in [1.165, 1.54) is 18.9 Å². The van der Waals surface area contributed by atoms with Crippen LogP contribution in [-0.4, -0.2) is 40.3 Å². The van der Waals surface area contributed by atoms with E-state index in [0.717, 1.165) is 5.56 Å². The van der Waals surface area contributed by atoms with Crippen LogP contribution in [0, 0.1) is 0 Å². The second-order valence-electron chi connectivity index (χ2n) is 7.44. The van der Waals surface area contributed by atoms with E-state index in [9.17, 15) is 14.4 Å². The third-order valence-electron chi connectivity index (χ3n) is 5.34. The lowest BCUT2D eigenvalue weighted by atomic mass is 9.93. The maximum atomic E-state index is 13.2. The molecule has 164 valence electrons. The highest BCUT2D eigenvalue weighted by Crippen LogP contribution is 2.43. The van der Waals surface area contributed by atoms with E-state index in [2.05, 4.69) is 4.99 Å². The van der Waals surface area contributed by atoms with Gasteiger partial charge in [0.05, 0.1) is 35.2 Å². The van der Waals surface area contributed by atoms with E-state index in [4.69, 9.17) is 9.47 Å². The molecule has 0 N–H and O–H groups in total. The van der Waals surface area contributed by atoms with Gasteiger partial charge in [-0.2, -0.15) is 0 Å². The lowest BCUT2D eigenvalue weighted by Gasteiger charge is -2.33. The van der Waals surface area contributed by atoms with Crippen molar-refractivity contribution in [2.45, 2.75) is 31.7 Å². The molecule has 7 nitrogen and oxygen atoms in total. The lowest BCUT2D eigenvalue weighted by Crippen LogP contribution is -2.40. The third-order valence-corrected chi connectivity index (χ3v) is 6.39. The first-order chi connectivity index (χ1) is 15.4. The summed E-state index contributed by atoms with van der Waals surface area (Å²) in [6.45, 7) is 3.67. The minimum Gasteiger partial charge on any atom is -0.465 e. The molecule has 4 rings (SSSR count). The van der Waals surface area contributed by atoms with Crippen LogP contribution >= 0.6 is 11.8 Å². The molecule has 2 atom stereocenters. The number of aliphatic imine (C=N–C) groups is 1. The minimum atomic E-state index is -0.692. The second-order valence-corrected chi connectivity index (χ2v) is 8.75. The predicted octanol–water partition coefficient (Wildman–Crippen LogP) is 3.87. The van der Waals surface area contributed by atoms with Crippen molar-refractivity contribution in [1.82, 2.24) is 4.90 Å². The molecule has 2 aromatic carbocycles. The number of amides is 1. The molecule has 2 aliphatic rings. The van der Waals surface area contributed by atoms with Crippen LogP contribution in [0.2, 0.25) is 0 Å². The van der Waals surface area contributed by atoms with Crippen LogP contribution in [0.3, 0.4) is 0 Å². The van der Waals surface area contributed by atoms with Crippen LogP contribution in [0.1, 0.15) is 41.4 Å². The van der Waals surface area contributed by atoms with Crippen LogP contribution in [0.4, 0.5) is 0 Å². The molecule has 0 aromatic heterocycles. The Morgan fingerprint density at radius 2 is 1.75 bits per heavy atom. The first-order valence-electron chi connectivity index (χ1n) is 10.1. The summed E-state index contributed by atoms with van der Waals surface area (Å²) in [6, 6.07) is 15.4. The molecule has 0 bridgehead atoms. The van der Waals surface area contributed by atoms with Crippen LogP contribution in [0.5, 0.6) is 0 Å². The van der Waals surface area contributed by atoms with E-state index in [0.29, 0.717) is 27.6 Å². The number of ether oxygens (including phenoxy) is 2. The zero-order valence-corrected chi connectivity index (χ0v) is 18.7. The van der Waals surface area contributed by atoms with Crippen LogP contribution in [0.25, 0.3) is 0 Å². The molecule has 0 aliphatic carbocycles. The van der Waals surface area contributed by atoms with Gasteiger partial charge in [0.25, 0.3) is 0 Å². The minimum absolute atomic E-state index is 0.111. The van der Waals surface area contributed by atoms with Crippen LogP contribution in [0.15, 0.2) is 70.9 Å². The van der Waals surface area contributed by atoms with Gasteiger partial charge >= 0.3 is 11.9 Å². The predicted molar refractivity (Wildman–Crippen MR) is 121 cm³/mol. The summed E-state index contributed by atoms with van der Waals surface area (Å²) in [4.78, 5) is 44.1. The van der Waals surface area contributed by atoms with Gasteiger partial charge in [0.15, 0.2) is 5.17 Å². The van der Waals surface area contributed by atoms with Crippen molar-refractivity contribution in [3.8, 4) is 0 Å². The zero-order chi connectivity index (χ0) is 22.8. The van der Waals surface area contributed by atoms with Crippen molar-refractivity contribution in [3.05, 3.63) is 82.6 Å². The Morgan fingerprint density at radius 1 is 1.06 bits per heavy atom. The highest BCUT2D eigenvalue weighted by molar-refractivity contribution is 8.15. The fraction of sp³-hybridized carbons (Fsp3) is 0.250. The highest BCUT2D eigenvalue weighted by atomic mass is 32.2. The Hall–Kier alpha value is -3.39. The number of rotatable bonds is 5. The molecule has 2 aromatic rings. The SMILES string of the molecule is COC(=O)c1ccc([C@H]2C(C(=O)OCc3ccccc3)=C(C)N=C3S[C@@H](C)C(=O)N32)cc1. The number of amidine groups is 1. The molecule has 8 heteroatoms. The summed E-state index contributed by atoms with van der Waals surface area (Å²) in [5, 5.41) is 0.250. The number of hydrogen-bond donors (Lipinski definition) is 0. The summed E-state index contributed by atoms with van der Waals surface area (Å²) in [7, 11) is 1.31. The van der Waals surface area contributed by atoms with Gasteiger partial charge in [-0.25, -0.2) is 14.6 Å². The van der Waals surface area contributed by atoms with Crippen molar-refractivity contribution < 1.29 is 23.9 Å². The van der Waals surface area contributed by atoms with Gasteiger partial charge in [0.1, 0.15) is 6.61 Å². The number of carbonyl (C=O) groups excluding carboxylic acids is 3. The zero-order valence-electron chi connectivity index (χ0n) is 17.9. The summed E-state index contributed by atoms with van der Waals surface area (Å²) < 4.78 is 10.4. The molecule has 1 saturated heterocycles. The molecule has 1 amide bonds. The van der Waals surface area contributed by atoms with Crippen molar-refractivity contribution in [2.24, 2.45) is 4.99 Å². The van der Waals surface area contributed by atoms with Gasteiger partial charge < -0.3 is 9.47 Å². The van der Waals surface area contributed by atoms with E-state index in [1.54, 1.807) is 36.1 Å². The summed E-state index contributed by atoms with van der Waals surface area (Å²) >= 11 is 1.36. The van der Waals surface area contributed by atoms with E-state index < -0.39 is 18.0 Å². The Balaban J connectivity index is 1.70. The topological polar surface area (TPSA) is 85.3 Å². The first-order valence-corrected chi connectivity index (χ1v) is 11.0. The molecule has 0 saturated carbocycles. The summed E-state index contributed by atoms with van der Waals surface area (Å²) in [5.74, 6) is -1.12. The average Bonchev–Trinajstić information content (AvgIpc) is 3.09. The Bertz CT molecular complexity index is 1120. The Labute approximate surface area is 190 Å². The quantitative estimate of drug-likeness (QED) is 0.643. The molecular weight excluding hydrogens is 428 g/mol. The van der Waals surface area contributed by atoms with Crippen molar-refractivity contribution in [3.63, 3.8) is 0 Å². The molecule has 0 spiro atoms. The van der Waals surface area contributed by atoms with Gasteiger partial charge in [-0.15, -0.1) is 0 Å². The van der Waals surface area contributed by atoms with Crippen LogP contribution in [-0.2, 0) is 25.7 Å². The largest absolute Gasteiger partial charge is 0.465 e. The average molecular weight is 451 g/mol. The monoisotopic (exact) mass is 450 g/mol. The number of carbonyl (C=O) groups is 3. The van der Waals surface area contributed by atoms with Crippen molar-refractivity contribution in [1.29, 1.82) is 0 Å². The summed E-state index contributed by atoms with van der Waals surface area (Å²) in [6.07, 6.45) is 0. The van der Waals surface area contributed by atoms with E-state index in [1.807, 2.05) is 37.3 Å². The first kappa shape index (κ1) is 21.8. The third kappa shape index (κ3) is 4.05. The molecule has 1 fully saturated rings. The number of allylic oxidation sites excluding steroid dienone is 1. The molecule has 32 heavy (non-hydrogen) atoms. The number of fused-ring (bicyclic) bond motifs is 1. The lowest BCUT2D eigenvalue weighted by molar-refractivity contribution is -0.141. The fourth-order valence-corrected chi connectivity index (χ4v) is 4.73. The van der Waals surface area contributed by atoms with Gasteiger partial charge in [-0.05, 0) is 37.1 Å². The number of benzene rings is 2. The molecule has 2 heterocycles. The van der Waals surface area contributed by atoms with Crippen LogP contribution < -0.4 is 0 Å². The number of nitrogens with zero attached hydrogens (tertiary/aromatic N) is 2. The van der Waals surface area contributed by atoms with Crippen molar-refractivity contribution >= 4 is 34.8 Å². The van der Waals surface area contributed by atoms with Gasteiger partial charge in [-0.3, -0.25) is 9.69 Å². The smallest absolute Gasteiger partial charge is 0.338 e. The molecular formula is C24H22N2O5S. The van der Waals surface area contributed by atoms with Gasteiger partial charge in [0.2, 0.25) is 5.91 Å². The molecule has 2 aliphatic heterocycles. The maximum Gasteiger partial charge on any atom is 0.338 e. The second kappa shape index (κ2) is 9.00. The molecule has 0 radical (unpaired) electrons. The Kier molecular flexibility index (Phi) is 6.14. The van der Waals surface area contributed by atoms with Gasteiger partial charge in [0, 0.05) is 0 Å². The fourth-order valence-electron chi connectivity index (χ4n) is 3.70. The standard InChI is InChI=1S/C24H22N2O5S/c1-14-19(23(29)31-13-16-7-5-4-6-8-16)20(26-21(27)15(2)32-24(26)25-14)17-9-11-18(12-10-17)22(28)30-3/h4-12,15,20H,13H2,1-3H3/t15-,20-/m0/s1. The number of methoxy groups -OCH3 is 1. The van der Waals surface area contributed by atoms with Gasteiger partial charge in [-0.1, -0.05) is 54.2 Å². The number of hydrogen-bond acceptors (Lipinski definition) is 7.